The van der Waals surface area contributed by atoms with E-state index in [1.165, 1.54) is 0 Å². The molecular formula is C9H12N2O. The Hall–Kier alpha value is -1.38. The van der Waals surface area contributed by atoms with Gasteiger partial charge in [-0.3, -0.25) is 9.78 Å². The molecule has 1 aromatic rings. The molecule has 1 rings (SSSR count). The predicted molar refractivity (Wildman–Crippen MR) is 47.0 cm³/mol. The fourth-order valence-electron chi connectivity index (χ4n) is 1.21. The Bertz CT molecular complexity index is 332. The number of aryl methyl sites for hydroxylation is 2. The van der Waals surface area contributed by atoms with Gasteiger partial charge >= 0.3 is 0 Å². The zero-order valence-electron chi connectivity index (χ0n) is 7.51. The lowest BCUT2D eigenvalue weighted by Gasteiger charge is -2.06. The first-order valence-electron chi connectivity index (χ1n) is 3.76. The number of hydrogen-bond acceptors (Lipinski definition) is 2. The molecule has 0 bridgehead atoms. The molecule has 64 valence electrons. The second-order valence-corrected chi connectivity index (χ2v) is 2.89. The van der Waals surface area contributed by atoms with Crippen LogP contribution in [0.2, 0.25) is 0 Å². The van der Waals surface area contributed by atoms with Crippen molar-refractivity contribution in [1.29, 1.82) is 0 Å². The maximum Gasteiger partial charge on any atom is 0.249 e. The maximum atomic E-state index is 11.0. The lowest BCUT2D eigenvalue weighted by atomic mass is 10.0. The largest absolute Gasteiger partial charge is 0.366 e. The SMILES string of the molecule is Cc1cnc(C)c(C)c1C(N)=O. The smallest absolute Gasteiger partial charge is 0.249 e. The van der Waals surface area contributed by atoms with Gasteiger partial charge < -0.3 is 5.73 Å². The summed E-state index contributed by atoms with van der Waals surface area (Å²) in [6.45, 7) is 5.55. The quantitative estimate of drug-likeness (QED) is 0.675. The van der Waals surface area contributed by atoms with Gasteiger partial charge in [-0.1, -0.05) is 0 Å². The monoisotopic (exact) mass is 164 g/mol. The normalized spacial score (nSPS) is 9.92. The second kappa shape index (κ2) is 2.93. The zero-order chi connectivity index (χ0) is 9.30. The highest BCUT2D eigenvalue weighted by Gasteiger charge is 2.10. The van der Waals surface area contributed by atoms with Crippen molar-refractivity contribution in [2.24, 2.45) is 5.73 Å². The number of nitrogens with two attached hydrogens (primary N) is 1. The fraction of sp³-hybridized carbons (Fsp3) is 0.333. The van der Waals surface area contributed by atoms with E-state index in [-0.39, 0.29) is 5.91 Å². The Kier molecular flexibility index (Phi) is 2.13. The van der Waals surface area contributed by atoms with E-state index in [0.717, 1.165) is 16.8 Å². The highest BCUT2D eigenvalue weighted by atomic mass is 16.1. The van der Waals surface area contributed by atoms with Crippen LogP contribution in [-0.4, -0.2) is 10.9 Å². The van der Waals surface area contributed by atoms with Gasteiger partial charge in [0.2, 0.25) is 5.91 Å². The van der Waals surface area contributed by atoms with E-state index in [1.807, 2.05) is 20.8 Å². The van der Waals surface area contributed by atoms with Crippen LogP contribution in [-0.2, 0) is 0 Å². The molecule has 0 spiro atoms. The van der Waals surface area contributed by atoms with Crippen molar-refractivity contribution >= 4 is 5.91 Å². The van der Waals surface area contributed by atoms with E-state index in [9.17, 15) is 4.79 Å². The number of amides is 1. The van der Waals surface area contributed by atoms with Crippen LogP contribution in [0.25, 0.3) is 0 Å². The van der Waals surface area contributed by atoms with Gasteiger partial charge in [-0.25, -0.2) is 0 Å². The molecule has 3 heteroatoms. The van der Waals surface area contributed by atoms with Crippen LogP contribution in [0, 0.1) is 20.8 Å². The van der Waals surface area contributed by atoms with Crippen molar-refractivity contribution in [3.8, 4) is 0 Å². The number of nitrogens with zero attached hydrogens (tertiary/aromatic N) is 1. The summed E-state index contributed by atoms with van der Waals surface area (Å²) in [5.74, 6) is -0.379. The van der Waals surface area contributed by atoms with Crippen LogP contribution in [0.3, 0.4) is 0 Å². The van der Waals surface area contributed by atoms with Crippen LogP contribution < -0.4 is 5.73 Å². The molecule has 0 radical (unpaired) electrons. The lowest BCUT2D eigenvalue weighted by molar-refractivity contribution is 0.0999. The van der Waals surface area contributed by atoms with Crippen LogP contribution in [0.1, 0.15) is 27.2 Å². The van der Waals surface area contributed by atoms with Crippen molar-refractivity contribution in [2.75, 3.05) is 0 Å². The fourth-order valence-corrected chi connectivity index (χ4v) is 1.21. The molecule has 0 aromatic carbocycles. The first kappa shape index (κ1) is 8.71. The topological polar surface area (TPSA) is 56.0 Å². The van der Waals surface area contributed by atoms with Gasteiger partial charge in [-0.05, 0) is 31.9 Å². The summed E-state index contributed by atoms with van der Waals surface area (Å²) in [6.07, 6.45) is 1.67. The average molecular weight is 164 g/mol. The van der Waals surface area contributed by atoms with Crippen molar-refractivity contribution in [2.45, 2.75) is 20.8 Å². The molecule has 3 nitrogen and oxygen atoms in total. The Morgan fingerprint density at radius 2 is 2.00 bits per heavy atom. The summed E-state index contributed by atoms with van der Waals surface area (Å²) >= 11 is 0. The van der Waals surface area contributed by atoms with E-state index >= 15 is 0 Å². The van der Waals surface area contributed by atoms with Gasteiger partial charge in [-0.2, -0.15) is 0 Å². The third-order valence-electron chi connectivity index (χ3n) is 2.01. The van der Waals surface area contributed by atoms with Crippen molar-refractivity contribution in [3.05, 3.63) is 28.6 Å². The molecule has 0 saturated carbocycles. The minimum Gasteiger partial charge on any atom is -0.366 e. The molecule has 0 aliphatic rings. The standard InChI is InChI=1S/C9H12N2O/c1-5-4-11-7(3)6(2)8(5)9(10)12/h4H,1-3H3,(H2,10,12). The van der Waals surface area contributed by atoms with E-state index < -0.39 is 0 Å². The van der Waals surface area contributed by atoms with Gasteiger partial charge in [0.1, 0.15) is 0 Å². The molecule has 0 saturated heterocycles. The molecule has 0 unspecified atom stereocenters. The van der Waals surface area contributed by atoms with Crippen molar-refractivity contribution in [1.82, 2.24) is 4.98 Å². The molecule has 0 aliphatic carbocycles. The molecular weight excluding hydrogens is 152 g/mol. The first-order valence-corrected chi connectivity index (χ1v) is 3.76. The number of primary amides is 1. The van der Waals surface area contributed by atoms with Gasteiger partial charge in [0.15, 0.2) is 0 Å². The molecule has 1 aromatic heterocycles. The second-order valence-electron chi connectivity index (χ2n) is 2.89. The minimum atomic E-state index is -0.379. The predicted octanol–water partition coefficient (Wildman–Crippen LogP) is 1.11. The Morgan fingerprint density at radius 1 is 1.42 bits per heavy atom. The minimum absolute atomic E-state index is 0.379. The third-order valence-corrected chi connectivity index (χ3v) is 2.01. The van der Waals surface area contributed by atoms with Gasteiger partial charge in [0, 0.05) is 17.5 Å². The van der Waals surface area contributed by atoms with E-state index in [4.69, 9.17) is 5.73 Å². The number of hydrogen-bond donors (Lipinski definition) is 1. The van der Waals surface area contributed by atoms with Crippen molar-refractivity contribution in [3.63, 3.8) is 0 Å². The molecule has 1 amide bonds. The Morgan fingerprint density at radius 3 is 2.42 bits per heavy atom. The molecule has 0 aliphatic heterocycles. The Balaban J connectivity index is 3.43. The zero-order valence-corrected chi connectivity index (χ0v) is 7.51. The van der Waals surface area contributed by atoms with Crippen LogP contribution in [0.15, 0.2) is 6.20 Å². The van der Waals surface area contributed by atoms with Gasteiger partial charge in [0.25, 0.3) is 0 Å². The summed E-state index contributed by atoms with van der Waals surface area (Å²) in [6, 6.07) is 0. The van der Waals surface area contributed by atoms with E-state index in [0.29, 0.717) is 5.56 Å². The molecule has 0 fully saturated rings. The summed E-state index contributed by atoms with van der Waals surface area (Å²) in [5, 5.41) is 0. The number of carbonyl (C=O) groups is 1. The highest BCUT2D eigenvalue weighted by molar-refractivity contribution is 5.95. The lowest BCUT2D eigenvalue weighted by Crippen LogP contribution is -2.15. The summed E-state index contributed by atoms with van der Waals surface area (Å²) < 4.78 is 0. The molecule has 12 heavy (non-hydrogen) atoms. The van der Waals surface area contributed by atoms with E-state index in [1.54, 1.807) is 6.20 Å². The average Bonchev–Trinajstić information content (AvgIpc) is 1.97. The van der Waals surface area contributed by atoms with Crippen LogP contribution >= 0.6 is 0 Å². The number of rotatable bonds is 1. The number of pyridine rings is 1. The molecule has 0 atom stereocenters. The third kappa shape index (κ3) is 1.30. The maximum absolute atomic E-state index is 11.0. The highest BCUT2D eigenvalue weighted by Crippen LogP contribution is 2.13. The number of carbonyl (C=O) groups excluding carboxylic acids is 1. The Labute approximate surface area is 71.6 Å². The first-order chi connectivity index (χ1) is 5.54. The number of aromatic nitrogens is 1. The van der Waals surface area contributed by atoms with Gasteiger partial charge in [0.05, 0.1) is 0 Å². The summed E-state index contributed by atoms with van der Waals surface area (Å²) in [7, 11) is 0. The van der Waals surface area contributed by atoms with Crippen molar-refractivity contribution < 1.29 is 4.79 Å². The van der Waals surface area contributed by atoms with E-state index in [2.05, 4.69) is 4.98 Å². The van der Waals surface area contributed by atoms with Crippen LogP contribution in [0.4, 0.5) is 0 Å². The van der Waals surface area contributed by atoms with Crippen LogP contribution in [0.5, 0.6) is 0 Å². The summed E-state index contributed by atoms with van der Waals surface area (Å²) in [5.41, 5.74) is 8.39. The van der Waals surface area contributed by atoms with Gasteiger partial charge in [-0.15, -0.1) is 0 Å². The summed E-state index contributed by atoms with van der Waals surface area (Å²) in [4.78, 5) is 15.1. The molecule has 2 N–H and O–H groups in total. The molecule has 1 heterocycles.